The number of benzene rings is 1. The minimum Gasteiger partial charge on any atom is -0.378 e. The second-order valence-electron chi connectivity index (χ2n) is 4.80. The van der Waals surface area contributed by atoms with Gasteiger partial charge in [0.25, 0.3) is 5.91 Å². The Balaban J connectivity index is 2.13. The fraction of sp³-hybridized carbons (Fsp3) is 0.357. The zero-order valence-electron chi connectivity index (χ0n) is 12.4. The molecule has 1 aliphatic rings. The lowest BCUT2D eigenvalue weighted by Gasteiger charge is -2.25. The van der Waals surface area contributed by atoms with Gasteiger partial charge in [-0.25, -0.2) is 0 Å². The largest absolute Gasteiger partial charge is 0.378 e. The lowest BCUT2D eigenvalue weighted by atomic mass is 10.2. The van der Waals surface area contributed by atoms with E-state index in [-0.39, 0.29) is 4.90 Å². The standard InChI is InChI=1S/C14H15N3O5S/c1-11-2-4-12(5-3-11)23(19,20)22-16-13(10-15)14(18)17-6-8-21-9-7-17/h2-5H,6-9H2,1H3. The smallest absolute Gasteiger partial charge is 0.358 e. The predicted molar refractivity (Wildman–Crippen MR) is 79.9 cm³/mol. The van der Waals surface area contributed by atoms with Crippen LogP contribution in [0.15, 0.2) is 34.3 Å². The van der Waals surface area contributed by atoms with E-state index in [4.69, 9.17) is 10.00 Å². The van der Waals surface area contributed by atoms with Crippen LogP contribution in [0.3, 0.4) is 0 Å². The van der Waals surface area contributed by atoms with E-state index in [0.717, 1.165) is 5.56 Å². The highest BCUT2D eigenvalue weighted by Crippen LogP contribution is 2.13. The molecule has 0 radical (unpaired) electrons. The monoisotopic (exact) mass is 337 g/mol. The molecule has 2 rings (SSSR count). The zero-order chi connectivity index (χ0) is 16.9. The molecule has 0 aliphatic carbocycles. The number of carbonyl (C=O) groups excluding carboxylic acids is 1. The number of rotatable bonds is 4. The molecule has 1 saturated heterocycles. The van der Waals surface area contributed by atoms with Gasteiger partial charge >= 0.3 is 10.1 Å². The van der Waals surface area contributed by atoms with Crippen LogP contribution in [0.4, 0.5) is 0 Å². The molecule has 0 N–H and O–H groups in total. The molecule has 1 aliphatic heterocycles. The van der Waals surface area contributed by atoms with Gasteiger partial charge in [-0.2, -0.15) is 13.7 Å². The van der Waals surface area contributed by atoms with Crippen molar-refractivity contribution in [3.05, 3.63) is 29.8 Å². The topological polar surface area (TPSA) is 109 Å². The van der Waals surface area contributed by atoms with Gasteiger partial charge in [-0.05, 0) is 24.2 Å². The summed E-state index contributed by atoms with van der Waals surface area (Å²) in [6, 6.07) is 7.48. The van der Waals surface area contributed by atoms with Gasteiger partial charge < -0.3 is 9.64 Å². The first-order chi connectivity index (χ1) is 10.9. The minimum absolute atomic E-state index is 0.108. The molecule has 0 atom stereocenters. The Morgan fingerprint density at radius 2 is 1.91 bits per heavy atom. The molecule has 1 amide bonds. The van der Waals surface area contributed by atoms with E-state index in [2.05, 4.69) is 9.44 Å². The number of hydrogen-bond donors (Lipinski definition) is 0. The maximum Gasteiger partial charge on any atom is 0.358 e. The van der Waals surface area contributed by atoms with Gasteiger partial charge in [0.05, 0.1) is 13.2 Å². The highest BCUT2D eigenvalue weighted by atomic mass is 32.2. The first-order valence-corrected chi connectivity index (χ1v) is 8.20. The number of carbonyl (C=O) groups is 1. The number of amides is 1. The van der Waals surface area contributed by atoms with E-state index in [1.165, 1.54) is 17.0 Å². The quantitative estimate of drug-likeness (QED) is 0.582. The third-order valence-corrected chi connectivity index (χ3v) is 4.26. The average molecular weight is 337 g/mol. The van der Waals surface area contributed by atoms with E-state index < -0.39 is 21.7 Å². The second kappa shape index (κ2) is 7.21. The van der Waals surface area contributed by atoms with E-state index in [1.807, 2.05) is 6.92 Å². The highest BCUT2D eigenvalue weighted by Gasteiger charge is 2.24. The van der Waals surface area contributed by atoms with Gasteiger partial charge in [0, 0.05) is 13.1 Å². The van der Waals surface area contributed by atoms with Gasteiger partial charge in [0.2, 0.25) is 5.71 Å². The van der Waals surface area contributed by atoms with Crippen LogP contribution in [0.2, 0.25) is 0 Å². The Kier molecular flexibility index (Phi) is 5.31. The van der Waals surface area contributed by atoms with Crippen LogP contribution in [0, 0.1) is 18.3 Å². The zero-order valence-corrected chi connectivity index (χ0v) is 13.2. The van der Waals surface area contributed by atoms with Crippen molar-refractivity contribution in [1.82, 2.24) is 4.90 Å². The second-order valence-corrected chi connectivity index (χ2v) is 6.33. The summed E-state index contributed by atoms with van der Waals surface area (Å²) < 4.78 is 33.5. The number of hydrogen-bond acceptors (Lipinski definition) is 7. The van der Waals surface area contributed by atoms with Crippen molar-refractivity contribution in [2.45, 2.75) is 11.8 Å². The molecule has 1 heterocycles. The highest BCUT2D eigenvalue weighted by molar-refractivity contribution is 7.86. The van der Waals surface area contributed by atoms with E-state index >= 15 is 0 Å². The SMILES string of the molecule is Cc1ccc(S(=O)(=O)ON=C(C#N)C(=O)N2CCOCC2)cc1. The number of oxime groups is 1. The predicted octanol–water partition coefficient (Wildman–Crippen LogP) is 0.439. The number of ether oxygens (including phenoxy) is 1. The fourth-order valence-corrected chi connectivity index (χ4v) is 2.59. The molecule has 0 unspecified atom stereocenters. The summed E-state index contributed by atoms with van der Waals surface area (Å²) in [4.78, 5) is 13.3. The van der Waals surface area contributed by atoms with Crippen LogP contribution in [-0.2, 0) is 23.9 Å². The molecular weight excluding hydrogens is 322 g/mol. The summed E-state index contributed by atoms with van der Waals surface area (Å²) in [5, 5.41) is 12.2. The number of nitrogens with zero attached hydrogens (tertiary/aromatic N) is 3. The molecule has 23 heavy (non-hydrogen) atoms. The third kappa shape index (κ3) is 4.28. The molecule has 0 bridgehead atoms. The van der Waals surface area contributed by atoms with Crippen molar-refractivity contribution >= 4 is 21.7 Å². The normalized spacial score (nSPS) is 15.8. The first-order valence-electron chi connectivity index (χ1n) is 6.79. The van der Waals surface area contributed by atoms with Crippen molar-refractivity contribution in [3.8, 4) is 6.07 Å². The van der Waals surface area contributed by atoms with Crippen LogP contribution in [0.5, 0.6) is 0 Å². The van der Waals surface area contributed by atoms with Crippen molar-refractivity contribution in [2.75, 3.05) is 26.3 Å². The van der Waals surface area contributed by atoms with Crippen molar-refractivity contribution in [3.63, 3.8) is 0 Å². The molecule has 0 saturated carbocycles. The molecule has 122 valence electrons. The van der Waals surface area contributed by atoms with Crippen molar-refractivity contribution < 1.29 is 22.2 Å². The molecular formula is C14H15N3O5S. The first kappa shape index (κ1) is 16.9. The van der Waals surface area contributed by atoms with E-state index in [9.17, 15) is 13.2 Å². The summed E-state index contributed by atoms with van der Waals surface area (Å²) in [6.45, 7) is 3.14. The molecule has 1 aromatic rings. The van der Waals surface area contributed by atoms with Crippen LogP contribution >= 0.6 is 0 Å². The van der Waals surface area contributed by atoms with Crippen LogP contribution < -0.4 is 0 Å². The van der Waals surface area contributed by atoms with Gasteiger partial charge in [0.1, 0.15) is 11.0 Å². The molecule has 0 aromatic heterocycles. The summed E-state index contributed by atoms with van der Waals surface area (Å²) in [7, 11) is -4.18. The van der Waals surface area contributed by atoms with Gasteiger partial charge in [-0.1, -0.05) is 17.7 Å². The molecule has 1 fully saturated rings. The Bertz CT molecular complexity index is 744. The van der Waals surface area contributed by atoms with Gasteiger partial charge in [-0.3, -0.25) is 9.08 Å². The van der Waals surface area contributed by atoms with Gasteiger partial charge in [-0.15, -0.1) is 0 Å². The average Bonchev–Trinajstić information content (AvgIpc) is 2.56. The number of nitriles is 1. The van der Waals surface area contributed by atoms with E-state index in [0.29, 0.717) is 26.3 Å². The third-order valence-electron chi connectivity index (χ3n) is 3.14. The number of morpholine rings is 1. The summed E-state index contributed by atoms with van der Waals surface area (Å²) in [5.74, 6) is -0.685. The minimum atomic E-state index is -4.18. The molecule has 1 aromatic carbocycles. The summed E-state index contributed by atoms with van der Waals surface area (Å²) in [5.41, 5.74) is 0.259. The maximum absolute atomic E-state index is 12.1. The lowest BCUT2D eigenvalue weighted by Crippen LogP contribution is -2.43. The Morgan fingerprint density at radius 1 is 1.30 bits per heavy atom. The van der Waals surface area contributed by atoms with Crippen LogP contribution in [0.25, 0.3) is 0 Å². The van der Waals surface area contributed by atoms with Crippen molar-refractivity contribution in [1.29, 1.82) is 5.26 Å². The summed E-state index contributed by atoms with van der Waals surface area (Å²) in [6.07, 6.45) is 0. The Morgan fingerprint density at radius 3 is 2.48 bits per heavy atom. The van der Waals surface area contributed by atoms with Gasteiger partial charge in [0.15, 0.2) is 0 Å². The fourth-order valence-electron chi connectivity index (χ4n) is 1.86. The Hall–Kier alpha value is -2.44. The molecule has 8 nitrogen and oxygen atoms in total. The summed E-state index contributed by atoms with van der Waals surface area (Å²) >= 11 is 0. The van der Waals surface area contributed by atoms with Crippen LogP contribution in [-0.4, -0.2) is 51.2 Å². The number of aryl methyl sites for hydroxylation is 1. The Labute approximate surface area is 134 Å². The lowest BCUT2D eigenvalue weighted by molar-refractivity contribution is -0.127. The molecule has 9 heteroatoms. The molecule has 0 spiro atoms. The maximum atomic E-state index is 12.1. The van der Waals surface area contributed by atoms with Crippen LogP contribution in [0.1, 0.15) is 5.56 Å². The van der Waals surface area contributed by atoms with E-state index in [1.54, 1.807) is 18.2 Å². The van der Waals surface area contributed by atoms with Crippen molar-refractivity contribution in [2.24, 2.45) is 5.16 Å².